The number of amides is 2. The van der Waals surface area contributed by atoms with Gasteiger partial charge in [-0.05, 0) is 43.7 Å². The summed E-state index contributed by atoms with van der Waals surface area (Å²) in [6.07, 6.45) is 6.37. The van der Waals surface area contributed by atoms with E-state index in [1.807, 2.05) is 4.90 Å². The first-order valence-corrected chi connectivity index (χ1v) is 7.79. The van der Waals surface area contributed by atoms with Gasteiger partial charge in [0.1, 0.15) is 6.10 Å². The smallest absolute Gasteiger partial charge is 0.253 e. The van der Waals surface area contributed by atoms with Crippen LogP contribution in [0.4, 0.5) is 0 Å². The maximum absolute atomic E-state index is 12.4. The second-order valence-corrected chi connectivity index (χ2v) is 6.01. The predicted octanol–water partition coefficient (Wildman–Crippen LogP) is 0.967. The Bertz CT molecular complexity index is 541. The number of carbonyl (C=O) groups is 2. The summed E-state index contributed by atoms with van der Waals surface area (Å²) in [5.41, 5.74) is 5.97. The second kappa shape index (κ2) is 6.44. The van der Waals surface area contributed by atoms with Crippen molar-refractivity contribution in [2.24, 2.45) is 11.7 Å². The summed E-state index contributed by atoms with van der Waals surface area (Å²) in [5, 5.41) is 0. The molecule has 2 atom stereocenters. The monoisotopic (exact) mass is 303 g/mol. The molecule has 0 spiro atoms. The Morgan fingerprint density at radius 2 is 1.82 bits per heavy atom. The van der Waals surface area contributed by atoms with Gasteiger partial charge in [0.25, 0.3) is 5.91 Å². The van der Waals surface area contributed by atoms with Crippen LogP contribution >= 0.6 is 0 Å². The van der Waals surface area contributed by atoms with Gasteiger partial charge in [-0.3, -0.25) is 14.6 Å². The van der Waals surface area contributed by atoms with E-state index in [0.29, 0.717) is 11.5 Å². The van der Waals surface area contributed by atoms with Crippen LogP contribution in [0.25, 0.3) is 0 Å². The minimum atomic E-state index is -0.429. The summed E-state index contributed by atoms with van der Waals surface area (Å²) in [6, 6.07) is 3.48. The SMILES string of the molecule is NC(=O)[C@H]1CC[C@@H](C2CCN(C(=O)c3ccncc3)CC2)O1. The number of rotatable bonds is 3. The van der Waals surface area contributed by atoms with Crippen molar-refractivity contribution in [2.45, 2.75) is 37.9 Å². The number of ether oxygens (including phenoxy) is 1. The molecule has 0 saturated carbocycles. The van der Waals surface area contributed by atoms with Crippen LogP contribution in [-0.4, -0.2) is 47.0 Å². The molecule has 0 radical (unpaired) electrons. The summed E-state index contributed by atoms with van der Waals surface area (Å²) in [4.78, 5) is 29.4. The Kier molecular flexibility index (Phi) is 4.38. The first-order valence-electron chi connectivity index (χ1n) is 7.79. The van der Waals surface area contributed by atoms with Crippen molar-refractivity contribution in [2.75, 3.05) is 13.1 Å². The summed E-state index contributed by atoms with van der Waals surface area (Å²) in [7, 11) is 0. The highest BCUT2D eigenvalue weighted by Gasteiger charge is 2.36. The van der Waals surface area contributed by atoms with Crippen molar-refractivity contribution < 1.29 is 14.3 Å². The van der Waals surface area contributed by atoms with Crippen LogP contribution in [0.15, 0.2) is 24.5 Å². The molecule has 1 aromatic heterocycles. The van der Waals surface area contributed by atoms with Gasteiger partial charge in [0.05, 0.1) is 6.10 Å². The van der Waals surface area contributed by atoms with Crippen molar-refractivity contribution >= 4 is 11.8 Å². The third-order valence-corrected chi connectivity index (χ3v) is 4.65. The Morgan fingerprint density at radius 3 is 2.41 bits per heavy atom. The molecule has 2 fully saturated rings. The molecule has 0 bridgehead atoms. The van der Waals surface area contributed by atoms with Crippen LogP contribution in [-0.2, 0) is 9.53 Å². The molecule has 2 saturated heterocycles. The molecule has 0 unspecified atom stereocenters. The molecule has 0 aliphatic carbocycles. The second-order valence-electron chi connectivity index (χ2n) is 6.01. The molecule has 2 aliphatic heterocycles. The fourth-order valence-electron chi connectivity index (χ4n) is 3.37. The van der Waals surface area contributed by atoms with E-state index >= 15 is 0 Å². The normalized spacial score (nSPS) is 26.1. The number of pyridine rings is 1. The minimum Gasteiger partial charge on any atom is -0.367 e. The Morgan fingerprint density at radius 1 is 1.14 bits per heavy atom. The number of primary amides is 1. The molecular formula is C16H21N3O3. The van der Waals surface area contributed by atoms with E-state index in [4.69, 9.17) is 10.5 Å². The highest BCUT2D eigenvalue weighted by Crippen LogP contribution is 2.32. The zero-order chi connectivity index (χ0) is 15.5. The van der Waals surface area contributed by atoms with Gasteiger partial charge in [-0.1, -0.05) is 0 Å². The molecule has 0 aromatic carbocycles. The van der Waals surface area contributed by atoms with Gasteiger partial charge in [0.2, 0.25) is 5.91 Å². The largest absolute Gasteiger partial charge is 0.367 e. The molecule has 2 N–H and O–H groups in total. The predicted molar refractivity (Wildman–Crippen MR) is 80.0 cm³/mol. The van der Waals surface area contributed by atoms with Gasteiger partial charge >= 0.3 is 0 Å². The number of aromatic nitrogens is 1. The number of nitrogens with two attached hydrogens (primary N) is 1. The highest BCUT2D eigenvalue weighted by molar-refractivity contribution is 5.94. The van der Waals surface area contributed by atoms with Gasteiger partial charge in [-0.25, -0.2) is 0 Å². The molecule has 3 heterocycles. The molecular weight excluding hydrogens is 282 g/mol. The summed E-state index contributed by atoms with van der Waals surface area (Å²) >= 11 is 0. The minimum absolute atomic E-state index is 0.0585. The van der Waals surface area contributed by atoms with Gasteiger partial charge in [0, 0.05) is 31.0 Å². The Labute approximate surface area is 129 Å². The van der Waals surface area contributed by atoms with E-state index in [1.54, 1.807) is 24.5 Å². The van der Waals surface area contributed by atoms with Gasteiger partial charge in [-0.2, -0.15) is 0 Å². The van der Waals surface area contributed by atoms with Crippen LogP contribution in [0, 0.1) is 5.92 Å². The van der Waals surface area contributed by atoms with Gasteiger partial charge < -0.3 is 15.4 Å². The van der Waals surface area contributed by atoms with Crippen molar-refractivity contribution in [3.05, 3.63) is 30.1 Å². The lowest BCUT2D eigenvalue weighted by Gasteiger charge is -2.34. The highest BCUT2D eigenvalue weighted by atomic mass is 16.5. The van der Waals surface area contributed by atoms with Crippen molar-refractivity contribution in [1.29, 1.82) is 0 Å². The zero-order valence-corrected chi connectivity index (χ0v) is 12.5. The summed E-state index contributed by atoms with van der Waals surface area (Å²) < 4.78 is 5.76. The molecule has 2 amide bonds. The molecule has 6 heteroatoms. The van der Waals surface area contributed by atoms with Crippen molar-refractivity contribution in [3.8, 4) is 0 Å². The number of likely N-dealkylation sites (tertiary alicyclic amines) is 1. The average molecular weight is 303 g/mol. The topological polar surface area (TPSA) is 85.5 Å². The Hall–Kier alpha value is -1.95. The number of hydrogen-bond acceptors (Lipinski definition) is 4. The third-order valence-electron chi connectivity index (χ3n) is 4.65. The van der Waals surface area contributed by atoms with Crippen LogP contribution < -0.4 is 5.73 Å². The lowest BCUT2D eigenvalue weighted by Crippen LogP contribution is -2.41. The molecule has 22 heavy (non-hydrogen) atoms. The maximum atomic E-state index is 12.4. The fourth-order valence-corrected chi connectivity index (χ4v) is 3.37. The van der Waals surface area contributed by atoms with Crippen LogP contribution in [0.5, 0.6) is 0 Å². The van der Waals surface area contributed by atoms with Gasteiger partial charge in [-0.15, -0.1) is 0 Å². The first kappa shape index (κ1) is 15.0. The van der Waals surface area contributed by atoms with Crippen molar-refractivity contribution in [3.63, 3.8) is 0 Å². The molecule has 6 nitrogen and oxygen atoms in total. The summed E-state index contributed by atoms with van der Waals surface area (Å²) in [5.74, 6) is 0.0989. The molecule has 1 aromatic rings. The quantitative estimate of drug-likeness (QED) is 0.901. The lowest BCUT2D eigenvalue weighted by molar-refractivity contribution is -0.130. The van der Waals surface area contributed by atoms with E-state index in [1.165, 1.54) is 0 Å². The fraction of sp³-hybridized carbons (Fsp3) is 0.562. The number of hydrogen-bond donors (Lipinski definition) is 1. The number of carbonyl (C=O) groups excluding carboxylic acids is 2. The van der Waals surface area contributed by atoms with E-state index < -0.39 is 6.10 Å². The third kappa shape index (κ3) is 3.11. The first-order chi connectivity index (χ1) is 10.6. The van der Waals surface area contributed by atoms with Crippen LogP contribution in [0.2, 0.25) is 0 Å². The standard InChI is InChI=1S/C16H21N3O3/c17-15(20)14-2-1-13(22-14)11-5-9-19(10-6-11)16(21)12-3-7-18-8-4-12/h3-4,7-8,11,13-14H,1-2,5-6,9-10H2,(H2,17,20)/t13-,14+/m0/s1. The van der Waals surface area contributed by atoms with E-state index in [-0.39, 0.29) is 17.9 Å². The Balaban J connectivity index is 1.53. The summed E-state index contributed by atoms with van der Waals surface area (Å²) in [6.45, 7) is 1.46. The van der Waals surface area contributed by atoms with Crippen LogP contribution in [0.1, 0.15) is 36.0 Å². The maximum Gasteiger partial charge on any atom is 0.253 e. The number of piperidine rings is 1. The van der Waals surface area contributed by atoms with Gasteiger partial charge in [0.15, 0.2) is 0 Å². The molecule has 3 rings (SSSR count). The lowest BCUT2D eigenvalue weighted by atomic mass is 9.89. The van der Waals surface area contributed by atoms with Crippen LogP contribution in [0.3, 0.4) is 0 Å². The zero-order valence-electron chi connectivity index (χ0n) is 12.5. The molecule has 118 valence electrons. The van der Waals surface area contributed by atoms with Crippen molar-refractivity contribution in [1.82, 2.24) is 9.88 Å². The van der Waals surface area contributed by atoms with E-state index in [2.05, 4.69) is 4.98 Å². The van der Waals surface area contributed by atoms with E-state index in [0.717, 1.165) is 38.8 Å². The number of nitrogens with zero attached hydrogens (tertiary/aromatic N) is 2. The average Bonchev–Trinajstić information content (AvgIpc) is 3.05. The van der Waals surface area contributed by atoms with E-state index in [9.17, 15) is 9.59 Å². The molecule has 2 aliphatic rings.